The molecular formula is C25H37FN2O3. The van der Waals surface area contributed by atoms with Gasteiger partial charge in [0.15, 0.2) is 0 Å². The lowest BCUT2D eigenvalue weighted by Gasteiger charge is -2.56. The van der Waals surface area contributed by atoms with Gasteiger partial charge in [-0.1, -0.05) is 0 Å². The average molecular weight is 433 g/mol. The summed E-state index contributed by atoms with van der Waals surface area (Å²) >= 11 is 0. The van der Waals surface area contributed by atoms with E-state index in [4.69, 9.17) is 9.47 Å². The second-order valence-electron chi connectivity index (χ2n) is 10.4. The predicted molar refractivity (Wildman–Crippen MR) is 119 cm³/mol. The van der Waals surface area contributed by atoms with E-state index in [1.165, 1.54) is 50.7 Å². The highest BCUT2D eigenvalue weighted by atomic mass is 19.1. The van der Waals surface area contributed by atoms with E-state index in [2.05, 4.69) is 9.80 Å². The summed E-state index contributed by atoms with van der Waals surface area (Å²) in [6.45, 7) is 5.77. The standard InChI is InChI=1S/C25H37FN2O3/c26-22-1-3-23(4-2-22)28-7-5-27(6-8-28)17-24(29)18-30-9-10-31-25-14-19-11-20(15-25)13-21(12-19)16-25/h1-4,19-21,24,29H,5-18H2/t19?,20?,21?,24-,25?/m1/s1. The fourth-order valence-electron chi connectivity index (χ4n) is 6.94. The number of benzene rings is 1. The Hall–Kier alpha value is -1.21. The van der Waals surface area contributed by atoms with Crippen LogP contribution in [-0.2, 0) is 9.47 Å². The van der Waals surface area contributed by atoms with Gasteiger partial charge < -0.3 is 19.5 Å². The van der Waals surface area contributed by atoms with Crippen molar-refractivity contribution < 1.29 is 19.0 Å². The summed E-state index contributed by atoms with van der Waals surface area (Å²) in [4.78, 5) is 4.54. The Bertz CT molecular complexity index is 685. The molecule has 6 rings (SSSR count). The Morgan fingerprint density at radius 1 is 0.935 bits per heavy atom. The number of piperazine rings is 1. The molecule has 1 N–H and O–H groups in total. The largest absolute Gasteiger partial charge is 0.389 e. The Balaban J connectivity index is 0.962. The average Bonchev–Trinajstić information content (AvgIpc) is 2.74. The van der Waals surface area contributed by atoms with Crippen molar-refractivity contribution in [2.24, 2.45) is 17.8 Å². The highest BCUT2D eigenvalue weighted by Crippen LogP contribution is 2.57. The molecule has 1 aliphatic heterocycles. The van der Waals surface area contributed by atoms with E-state index in [0.717, 1.165) is 49.6 Å². The molecule has 4 aliphatic carbocycles. The lowest BCUT2D eigenvalue weighted by Crippen LogP contribution is -2.52. The van der Waals surface area contributed by atoms with Gasteiger partial charge in [-0.15, -0.1) is 0 Å². The first kappa shape index (κ1) is 21.6. The quantitative estimate of drug-likeness (QED) is 0.607. The number of aliphatic hydroxyl groups is 1. The Kier molecular flexibility index (Phi) is 6.52. The van der Waals surface area contributed by atoms with Crippen molar-refractivity contribution in [3.05, 3.63) is 30.1 Å². The molecule has 1 saturated heterocycles. The van der Waals surface area contributed by atoms with E-state index in [1.54, 1.807) is 0 Å². The van der Waals surface area contributed by atoms with E-state index in [1.807, 2.05) is 12.1 Å². The third kappa shape index (κ3) is 5.24. The molecule has 0 radical (unpaired) electrons. The zero-order chi connectivity index (χ0) is 21.3. The first-order valence-electron chi connectivity index (χ1n) is 12.2. The molecule has 0 amide bonds. The number of ether oxygens (including phenoxy) is 2. The molecule has 31 heavy (non-hydrogen) atoms. The minimum absolute atomic E-state index is 0.140. The molecule has 0 spiro atoms. The molecule has 5 aliphatic rings. The Morgan fingerprint density at radius 3 is 2.16 bits per heavy atom. The molecule has 0 unspecified atom stereocenters. The number of hydrogen-bond acceptors (Lipinski definition) is 5. The van der Waals surface area contributed by atoms with Crippen LogP contribution in [0.1, 0.15) is 38.5 Å². The lowest BCUT2D eigenvalue weighted by molar-refractivity contribution is -0.170. The maximum atomic E-state index is 13.1. The lowest BCUT2D eigenvalue weighted by atomic mass is 9.54. The minimum Gasteiger partial charge on any atom is -0.389 e. The smallest absolute Gasteiger partial charge is 0.123 e. The molecule has 0 aromatic heterocycles. The van der Waals surface area contributed by atoms with Crippen molar-refractivity contribution in [2.75, 3.05) is 57.4 Å². The molecule has 172 valence electrons. The summed E-state index contributed by atoms with van der Waals surface area (Å²) in [6.07, 6.45) is 7.59. The van der Waals surface area contributed by atoms with E-state index in [0.29, 0.717) is 26.4 Å². The van der Waals surface area contributed by atoms with Gasteiger partial charge in [-0.25, -0.2) is 4.39 Å². The van der Waals surface area contributed by atoms with Crippen LogP contribution >= 0.6 is 0 Å². The SMILES string of the molecule is O[C@@H](COCCOC12CC3CC(CC(C3)C1)C2)CN1CCN(c2ccc(F)cc2)CC1. The molecule has 1 heterocycles. The topological polar surface area (TPSA) is 45.2 Å². The van der Waals surface area contributed by atoms with E-state index < -0.39 is 6.10 Å². The van der Waals surface area contributed by atoms with E-state index >= 15 is 0 Å². The number of halogens is 1. The molecule has 1 atom stereocenters. The van der Waals surface area contributed by atoms with Crippen LogP contribution < -0.4 is 4.90 Å². The Morgan fingerprint density at radius 2 is 1.55 bits per heavy atom. The zero-order valence-corrected chi connectivity index (χ0v) is 18.6. The molecular weight excluding hydrogens is 395 g/mol. The highest BCUT2D eigenvalue weighted by molar-refractivity contribution is 5.46. The van der Waals surface area contributed by atoms with Gasteiger partial charge in [-0.05, 0) is 80.5 Å². The number of nitrogens with zero attached hydrogens (tertiary/aromatic N) is 2. The van der Waals surface area contributed by atoms with Crippen molar-refractivity contribution in [1.29, 1.82) is 0 Å². The van der Waals surface area contributed by atoms with Crippen LogP contribution in [0.3, 0.4) is 0 Å². The summed E-state index contributed by atoms with van der Waals surface area (Å²) in [6, 6.07) is 6.68. The molecule has 4 saturated carbocycles. The van der Waals surface area contributed by atoms with E-state index in [9.17, 15) is 9.50 Å². The van der Waals surface area contributed by atoms with Gasteiger partial charge in [0.2, 0.25) is 0 Å². The molecule has 5 fully saturated rings. The second kappa shape index (κ2) is 9.34. The number of aliphatic hydroxyl groups excluding tert-OH is 1. The van der Waals surface area contributed by atoms with Gasteiger partial charge in [0.25, 0.3) is 0 Å². The van der Waals surface area contributed by atoms with Crippen LogP contribution in [-0.4, -0.2) is 74.3 Å². The van der Waals surface area contributed by atoms with Crippen molar-refractivity contribution in [3.8, 4) is 0 Å². The Labute approximate surface area is 185 Å². The summed E-state index contributed by atoms with van der Waals surface area (Å²) in [5, 5.41) is 10.4. The van der Waals surface area contributed by atoms with E-state index in [-0.39, 0.29) is 11.4 Å². The maximum absolute atomic E-state index is 13.1. The molecule has 6 heteroatoms. The predicted octanol–water partition coefficient (Wildman–Crippen LogP) is 3.31. The van der Waals surface area contributed by atoms with Gasteiger partial charge in [0.05, 0.1) is 31.5 Å². The normalized spacial score (nSPS) is 33.7. The van der Waals surface area contributed by atoms with Crippen LogP contribution in [0.4, 0.5) is 10.1 Å². The summed E-state index contributed by atoms with van der Waals surface area (Å²) < 4.78 is 25.2. The van der Waals surface area contributed by atoms with Crippen LogP contribution in [0, 0.1) is 23.6 Å². The summed E-state index contributed by atoms with van der Waals surface area (Å²) in [5.74, 6) is 2.50. The number of β-amino-alcohol motifs (C(OH)–C–C–N with tert-alkyl or cyclic N) is 1. The van der Waals surface area contributed by atoms with Gasteiger partial charge in [-0.2, -0.15) is 0 Å². The van der Waals surface area contributed by atoms with Gasteiger partial charge in [-0.3, -0.25) is 4.90 Å². The third-order valence-electron chi connectivity index (χ3n) is 7.96. The number of hydrogen-bond donors (Lipinski definition) is 1. The van der Waals surface area contributed by atoms with Crippen LogP contribution in [0.2, 0.25) is 0 Å². The monoisotopic (exact) mass is 432 g/mol. The first-order valence-corrected chi connectivity index (χ1v) is 12.2. The van der Waals surface area contributed by atoms with Gasteiger partial charge in [0.1, 0.15) is 5.82 Å². The van der Waals surface area contributed by atoms with Crippen LogP contribution in [0.25, 0.3) is 0 Å². The third-order valence-corrected chi connectivity index (χ3v) is 7.96. The van der Waals surface area contributed by atoms with Crippen molar-refractivity contribution >= 4 is 5.69 Å². The minimum atomic E-state index is -0.475. The maximum Gasteiger partial charge on any atom is 0.123 e. The van der Waals surface area contributed by atoms with Crippen molar-refractivity contribution in [1.82, 2.24) is 4.90 Å². The first-order chi connectivity index (χ1) is 15.1. The summed E-state index contributed by atoms with van der Waals surface area (Å²) in [5.41, 5.74) is 1.20. The molecule has 4 bridgehead atoms. The van der Waals surface area contributed by atoms with Gasteiger partial charge in [0, 0.05) is 38.4 Å². The van der Waals surface area contributed by atoms with Crippen LogP contribution in [0.5, 0.6) is 0 Å². The molecule has 5 nitrogen and oxygen atoms in total. The molecule has 1 aromatic rings. The van der Waals surface area contributed by atoms with Gasteiger partial charge >= 0.3 is 0 Å². The fraction of sp³-hybridized carbons (Fsp3) is 0.760. The zero-order valence-electron chi connectivity index (χ0n) is 18.6. The number of rotatable bonds is 9. The fourth-order valence-corrected chi connectivity index (χ4v) is 6.94. The summed E-state index contributed by atoms with van der Waals surface area (Å²) in [7, 11) is 0. The molecule has 1 aromatic carbocycles. The highest BCUT2D eigenvalue weighted by Gasteiger charge is 2.51. The van der Waals surface area contributed by atoms with Crippen LogP contribution in [0.15, 0.2) is 24.3 Å². The van der Waals surface area contributed by atoms with Crippen molar-refractivity contribution in [3.63, 3.8) is 0 Å². The number of anilines is 1. The second-order valence-corrected chi connectivity index (χ2v) is 10.4. The van der Waals surface area contributed by atoms with Crippen molar-refractivity contribution in [2.45, 2.75) is 50.2 Å².